The largest absolute Gasteiger partial charge is 0.463 e. The first-order chi connectivity index (χ1) is 14.9. The van der Waals surface area contributed by atoms with Crippen molar-refractivity contribution >= 4 is 0 Å². The van der Waals surface area contributed by atoms with Gasteiger partial charge in [0.2, 0.25) is 0 Å². The summed E-state index contributed by atoms with van der Waals surface area (Å²) >= 11 is 0. The van der Waals surface area contributed by atoms with Crippen molar-refractivity contribution in [2.45, 2.75) is 54.4 Å². The van der Waals surface area contributed by atoms with Crippen LogP contribution in [0, 0.1) is 11.3 Å². The number of nitrogens with zero attached hydrogens (tertiary/aromatic N) is 1. The molecule has 0 aliphatic carbocycles. The molecule has 0 heterocycles. The third-order valence-corrected chi connectivity index (χ3v) is 3.11. The third-order valence-electron chi connectivity index (χ3n) is 3.11. The summed E-state index contributed by atoms with van der Waals surface area (Å²) in [5.41, 5.74) is 0. The fraction of sp³-hybridized carbons (Fsp3) is 0.750. The summed E-state index contributed by atoms with van der Waals surface area (Å²) < 4.78 is 251. The Morgan fingerprint density at radius 3 is 1.11 bits per heavy atom. The van der Waals surface area contributed by atoms with Crippen LogP contribution in [0.25, 0.3) is 0 Å². The quantitative estimate of drug-likeness (QED) is 0.298. The summed E-state index contributed by atoms with van der Waals surface area (Å²) in [5, 5.41) is 7.85. The average Bonchev–Trinajstić information content (AvgIpc) is 2.56. The van der Waals surface area contributed by atoms with Crippen LogP contribution in [0.1, 0.15) is 0 Å². The van der Waals surface area contributed by atoms with Crippen molar-refractivity contribution in [2.75, 3.05) is 0 Å². The van der Waals surface area contributed by atoms with Gasteiger partial charge in [0.1, 0.15) is 6.07 Å². The number of rotatable bonds is 9. The second-order valence-electron chi connectivity index (χ2n) is 5.65. The van der Waals surface area contributed by atoms with Gasteiger partial charge in [-0.2, -0.15) is 84.3 Å². The fourth-order valence-electron chi connectivity index (χ4n) is 1.43. The minimum atomic E-state index is -8.20. The maximum Gasteiger partial charge on any atom is 0.463 e. The Hall–Kier alpha value is -2.22. The van der Waals surface area contributed by atoms with Crippen molar-refractivity contribution in [1.82, 2.24) is 0 Å². The highest BCUT2D eigenvalue weighted by atomic mass is 19.4. The lowest BCUT2D eigenvalue weighted by Gasteiger charge is -2.41. The first-order valence-corrected chi connectivity index (χ1v) is 7.14. The zero-order valence-corrected chi connectivity index (χ0v) is 15.1. The van der Waals surface area contributed by atoms with Crippen LogP contribution in [0.3, 0.4) is 0 Å². The van der Waals surface area contributed by atoms with Gasteiger partial charge in [0, 0.05) is 0 Å². The molecule has 4 nitrogen and oxygen atoms in total. The van der Waals surface area contributed by atoms with Crippen molar-refractivity contribution in [1.29, 1.82) is 5.26 Å². The van der Waals surface area contributed by atoms with E-state index in [-0.39, 0.29) is 0 Å². The van der Waals surface area contributed by atoms with E-state index < -0.39 is 66.3 Å². The summed E-state index contributed by atoms with van der Waals surface area (Å²) in [6.07, 6.45) is -45.8. The molecule has 3 unspecified atom stereocenters. The second kappa shape index (κ2) is 8.71. The summed E-state index contributed by atoms with van der Waals surface area (Å²) in [6, 6.07) is -0.941. The van der Waals surface area contributed by atoms with E-state index >= 15 is 0 Å². The van der Waals surface area contributed by atoms with Crippen LogP contribution in [-0.2, 0) is 14.2 Å². The Labute approximate surface area is 177 Å². The molecule has 3 atom stereocenters. The predicted molar refractivity (Wildman–Crippen MR) is 63.6 cm³/mol. The molecular formula is C12H2F19NO3. The van der Waals surface area contributed by atoms with Crippen LogP contribution in [-0.4, -0.2) is 54.4 Å². The Balaban J connectivity index is 6.97. The van der Waals surface area contributed by atoms with Crippen molar-refractivity contribution < 1.29 is 97.6 Å². The molecule has 0 aliphatic rings. The molecule has 0 amide bonds. The average molecular weight is 569 g/mol. The molecule has 0 rings (SSSR count). The number of halogens is 19. The normalized spacial score (nSPS) is 19.8. The van der Waals surface area contributed by atoms with Gasteiger partial charge in [0.25, 0.3) is 0 Å². The van der Waals surface area contributed by atoms with E-state index in [1.54, 1.807) is 9.47 Å². The molecule has 0 fully saturated rings. The Morgan fingerprint density at radius 1 is 0.543 bits per heavy atom. The number of alkyl halides is 18. The van der Waals surface area contributed by atoms with E-state index in [1.807, 2.05) is 0 Å². The van der Waals surface area contributed by atoms with Gasteiger partial charge in [-0.15, -0.1) is 0 Å². The summed E-state index contributed by atoms with van der Waals surface area (Å²) in [6.45, 7) is 1.47. The monoisotopic (exact) mass is 569 g/mol. The molecule has 206 valence electrons. The van der Waals surface area contributed by atoms with Gasteiger partial charge >= 0.3 is 54.4 Å². The van der Waals surface area contributed by atoms with Crippen LogP contribution in [0.5, 0.6) is 0 Å². The van der Waals surface area contributed by atoms with Gasteiger partial charge in [0.05, 0.1) is 0 Å². The molecule has 0 spiro atoms. The van der Waals surface area contributed by atoms with Gasteiger partial charge in [-0.25, -0.2) is 4.39 Å². The topological polar surface area (TPSA) is 51.5 Å². The number of hydrogen-bond donors (Lipinski definition) is 0. The van der Waals surface area contributed by atoms with Crippen LogP contribution in [0.2, 0.25) is 0 Å². The zero-order chi connectivity index (χ0) is 28.9. The highest BCUT2D eigenvalue weighted by Gasteiger charge is 2.86. The van der Waals surface area contributed by atoms with Crippen LogP contribution in [0.15, 0.2) is 12.4 Å². The number of nitriles is 1. The molecule has 0 aromatic rings. The molecule has 0 saturated heterocycles. The molecular weight excluding hydrogens is 567 g/mol. The first kappa shape index (κ1) is 32.8. The molecule has 0 aliphatic heterocycles. The van der Waals surface area contributed by atoms with Crippen molar-refractivity contribution in [3.63, 3.8) is 0 Å². The lowest BCUT2D eigenvalue weighted by atomic mass is 10.2. The van der Waals surface area contributed by atoms with Gasteiger partial charge in [0.15, 0.2) is 5.83 Å². The highest BCUT2D eigenvalue weighted by Crippen LogP contribution is 2.57. The third kappa shape index (κ3) is 5.79. The number of hydrogen-bond acceptors (Lipinski definition) is 4. The Morgan fingerprint density at radius 2 is 0.857 bits per heavy atom. The van der Waals surface area contributed by atoms with E-state index in [9.17, 15) is 83.4 Å². The van der Waals surface area contributed by atoms with E-state index in [2.05, 4.69) is 0 Å². The molecule has 0 N–H and O–H groups in total. The fourth-order valence-corrected chi connectivity index (χ4v) is 1.43. The summed E-state index contributed by atoms with van der Waals surface area (Å²) in [4.78, 5) is 0. The Bertz CT molecular complexity index is 840. The summed E-state index contributed by atoms with van der Waals surface area (Å²) in [5.74, 6) is -26.4. The smallest absolute Gasteiger partial charge is 0.263 e. The summed E-state index contributed by atoms with van der Waals surface area (Å²) in [7, 11) is 0. The lowest BCUT2D eigenvalue weighted by molar-refractivity contribution is -0.566. The zero-order valence-electron chi connectivity index (χ0n) is 15.1. The minimum absolute atomic E-state index is 0.941. The van der Waals surface area contributed by atoms with E-state index in [0.717, 1.165) is 0 Å². The molecule has 0 aromatic carbocycles. The molecule has 35 heavy (non-hydrogen) atoms. The van der Waals surface area contributed by atoms with Crippen LogP contribution >= 0.6 is 0 Å². The van der Waals surface area contributed by atoms with E-state index in [4.69, 9.17) is 5.26 Å². The van der Waals surface area contributed by atoms with Crippen molar-refractivity contribution in [2.24, 2.45) is 0 Å². The van der Waals surface area contributed by atoms with Gasteiger partial charge in [-0.1, -0.05) is 6.58 Å². The first-order valence-electron chi connectivity index (χ1n) is 7.14. The minimum Gasteiger partial charge on any atom is -0.263 e. The van der Waals surface area contributed by atoms with Gasteiger partial charge < -0.3 is 0 Å². The maximum atomic E-state index is 13.9. The highest BCUT2D eigenvalue weighted by molar-refractivity contribution is 5.03. The lowest BCUT2D eigenvalue weighted by Crippen LogP contribution is -2.69. The van der Waals surface area contributed by atoms with Crippen LogP contribution < -0.4 is 0 Å². The van der Waals surface area contributed by atoms with E-state index in [1.165, 1.54) is 11.3 Å². The Kier molecular flexibility index (Phi) is 8.16. The number of ether oxygens (including phenoxy) is 3. The standard InChI is InChI=1S/C12H2F19NO3/c1-3(13)5(15,16)34-6(17,9(22,23)24)12(30,31)35-7(18,10(25,26)27)11(28,29)33-4(14,2-32)8(19,20)21/h1H2. The van der Waals surface area contributed by atoms with E-state index in [0.29, 0.717) is 0 Å². The molecule has 0 radical (unpaired) electrons. The molecule has 0 saturated carbocycles. The van der Waals surface area contributed by atoms with Gasteiger partial charge in [-0.05, 0) is 0 Å². The predicted octanol–water partition coefficient (Wildman–Crippen LogP) is 6.51. The van der Waals surface area contributed by atoms with Crippen molar-refractivity contribution in [3.8, 4) is 6.07 Å². The molecule has 0 aromatic heterocycles. The van der Waals surface area contributed by atoms with Crippen LogP contribution in [0.4, 0.5) is 83.4 Å². The SMILES string of the molecule is C=C(F)C(F)(F)OC(F)(C(F)(F)F)C(F)(F)OC(F)(C(F)(F)F)C(F)(F)OC(F)(C#N)C(F)(F)F. The molecule has 0 bridgehead atoms. The second-order valence-corrected chi connectivity index (χ2v) is 5.65. The van der Waals surface area contributed by atoms with Gasteiger partial charge in [-0.3, -0.25) is 14.2 Å². The van der Waals surface area contributed by atoms with Crippen molar-refractivity contribution in [3.05, 3.63) is 12.4 Å². The maximum absolute atomic E-state index is 13.9. The molecule has 23 heteroatoms.